The Labute approximate surface area is 176 Å². The molecule has 1 saturated heterocycles. The fraction of sp³-hybridized carbons (Fsp3) is 0.111. The number of nitro groups is 1. The van der Waals surface area contributed by atoms with E-state index in [0.717, 1.165) is 21.1 Å². The number of thioether (sulfide) groups is 1. The van der Waals surface area contributed by atoms with Gasteiger partial charge in [-0.05, 0) is 30.3 Å². The van der Waals surface area contributed by atoms with E-state index in [1.165, 1.54) is 18.2 Å². The standard InChI is InChI=1S/C18H11BrN4O5S/c19-11-4-6-12(7-5-11)22-15(24)9-14(17(22)25)29-18-21-20-16(28-18)10-2-1-3-13(8-10)23(26)27/h1-8,14H,9H2. The van der Waals surface area contributed by atoms with Crippen LogP contribution in [-0.4, -0.2) is 32.2 Å². The Kier molecular flexibility index (Phi) is 5.16. The summed E-state index contributed by atoms with van der Waals surface area (Å²) < 4.78 is 6.38. The summed E-state index contributed by atoms with van der Waals surface area (Å²) in [6, 6.07) is 12.7. The van der Waals surface area contributed by atoms with E-state index in [0.29, 0.717) is 11.3 Å². The highest BCUT2D eigenvalue weighted by molar-refractivity contribution is 9.10. The third-order valence-corrected chi connectivity index (χ3v) is 5.69. The highest BCUT2D eigenvalue weighted by Gasteiger charge is 2.41. The fourth-order valence-corrected chi connectivity index (χ4v) is 3.96. The molecular formula is C18H11BrN4O5S. The van der Waals surface area contributed by atoms with Crippen LogP contribution in [0.2, 0.25) is 0 Å². The first kappa shape index (κ1) is 19.3. The molecule has 0 aliphatic carbocycles. The average molecular weight is 475 g/mol. The molecule has 3 aromatic rings. The molecule has 1 aromatic heterocycles. The number of aromatic nitrogens is 2. The van der Waals surface area contributed by atoms with Crippen molar-refractivity contribution in [2.45, 2.75) is 16.9 Å². The molecule has 0 bridgehead atoms. The summed E-state index contributed by atoms with van der Waals surface area (Å²) in [6.45, 7) is 0. The molecule has 146 valence electrons. The van der Waals surface area contributed by atoms with E-state index < -0.39 is 10.2 Å². The van der Waals surface area contributed by atoms with Gasteiger partial charge in [0.15, 0.2) is 0 Å². The summed E-state index contributed by atoms with van der Waals surface area (Å²) in [6.07, 6.45) is 0.00802. The first-order chi connectivity index (χ1) is 13.9. The van der Waals surface area contributed by atoms with Gasteiger partial charge >= 0.3 is 0 Å². The van der Waals surface area contributed by atoms with Crippen LogP contribution in [0.3, 0.4) is 0 Å². The summed E-state index contributed by atoms with van der Waals surface area (Å²) in [5.41, 5.74) is 0.787. The molecule has 2 amide bonds. The van der Waals surface area contributed by atoms with Gasteiger partial charge in [0.2, 0.25) is 17.7 Å². The maximum absolute atomic E-state index is 12.7. The lowest BCUT2D eigenvalue weighted by atomic mass is 10.2. The summed E-state index contributed by atoms with van der Waals surface area (Å²) in [5, 5.41) is 18.1. The summed E-state index contributed by atoms with van der Waals surface area (Å²) >= 11 is 4.31. The largest absolute Gasteiger partial charge is 0.411 e. The van der Waals surface area contributed by atoms with Gasteiger partial charge in [-0.15, -0.1) is 10.2 Å². The smallest absolute Gasteiger partial charge is 0.277 e. The predicted molar refractivity (Wildman–Crippen MR) is 107 cm³/mol. The quantitative estimate of drug-likeness (QED) is 0.310. The minimum Gasteiger partial charge on any atom is -0.411 e. The number of non-ortho nitro benzene ring substituents is 1. The van der Waals surface area contributed by atoms with Gasteiger partial charge in [-0.1, -0.05) is 33.8 Å². The molecule has 11 heteroatoms. The third-order valence-electron chi connectivity index (χ3n) is 4.14. The first-order valence-electron chi connectivity index (χ1n) is 8.30. The minimum absolute atomic E-state index is 0.00802. The lowest BCUT2D eigenvalue weighted by molar-refractivity contribution is -0.384. The van der Waals surface area contributed by atoms with Crippen molar-refractivity contribution in [3.63, 3.8) is 0 Å². The Morgan fingerprint density at radius 1 is 1.17 bits per heavy atom. The van der Waals surface area contributed by atoms with Crippen LogP contribution in [0.5, 0.6) is 0 Å². The number of carbonyl (C=O) groups excluding carboxylic acids is 2. The highest BCUT2D eigenvalue weighted by atomic mass is 79.9. The fourth-order valence-electron chi connectivity index (χ4n) is 2.81. The van der Waals surface area contributed by atoms with Crippen LogP contribution in [0.25, 0.3) is 11.5 Å². The molecule has 29 heavy (non-hydrogen) atoms. The topological polar surface area (TPSA) is 119 Å². The Hall–Kier alpha value is -3.05. The number of nitrogens with zero attached hydrogens (tertiary/aromatic N) is 4. The van der Waals surface area contributed by atoms with Crippen LogP contribution >= 0.6 is 27.7 Å². The van der Waals surface area contributed by atoms with Crippen molar-refractivity contribution < 1.29 is 18.9 Å². The predicted octanol–water partition coefficient (Wildman–Crippen LogP) is 3.83. The second kappa shape index (κ2) is 7.76. The van der Waals surface area contributed by atoms with Gasteiger partial charge in [0.05, 0.1) is 10.6 Å². The van der Waals surface area contributed by atoms with Gasteiger partial charge in [-0.2, -0.15) is 0 Å². The van der Waals surface area contributed by atoms with Crippen molar-refractivity contribution in [2.75, 3.05) is 4.90 Å². The zero-order chi connectivity index (χ0) is 20.5. The Morgan fingerprint density at radius 2 is 1.93 bits per heavy atom. The molecule has 1 unspecified atom stereocenters. The molecule has 1 fully saturated rings. The zero-order valence-corrected chi connectivity index (χ0v) is 16.9. The Morgan fingerprint density at radius 3 is 2.66 bits per heavy atom. The van der Waals surface area contributed by atoms with E-state index in [1.807, 2.05) is 0 Å². The van der Waals surface area contributed by atoms with E-state index in [2.05, 4.69) is 26.1 Å². The van der Waals surface area contributed by atoms with Crippen molar-refractivity contribution in [3.8, 4) is 11.5 Å². The van der Waals surface area contributed by atoms with Crippen LogP contribution < -0.4 is 4.90 Å². The second-order valence-corrected chi connectivity index (χ2v) is 8.10. The molecule has 1 aliphatic heterocycles. The Balaban J connectivity index is 1.51. The van der Waals surface area contributed by atoms with Gasteiger partial charge in [0.1, 0.15) is 5.25 Å². The number of hydrogen-bond acceptors (Lipinski definition) is 8. The molecule has 1 aliphatic rings. The van der Waals surface area contributed by atoms with Crippen LogP contribution in [-0.2, 0) is 9.59 Å². The van der Waals surface area contributed by atoms with Crippen molar-refractivity contribution in [1.82, 2.24) is 10.2 Å². The van der Waals surface area contributed by atoms with Crippen molar-refractivity contribution in [1.29, 1.82) is 0 Å². The number of halogens is 1. The molecule has 4 rings (SSSR count). The zero-order valence-electron chi connectivity index (χ0n) is 14.5. The number of rotatable bonds is 5. The number of nitro benzene ring substituents is 1. The number of amides is 2. The van der Waals surface area contributed by atoms with Crippen LogP contribution in [0, 0.1) is 10.1 Å². The summed E-state index contributed by atoms with van der Waals surface area (Å²) in [4.78, 5) is 36.6. The lowest BCUT2D eigenvalue weighted by Gasteiger charge is -2.14. The Bertz CT molecular complexity index is 1120. The third kappa shape index (κ3) is 3.91. The summed E-state index contributed by atoms with van der Waals surface area (Å²) in [5.74, 6) is -0.580. The van der Waals surface area contributed by atoms with E-state index >= 15 is 0 Å². The number of carbonyl (C=O) groups is 2. The van der Waals surface area contributed by atoms with E-state index in [1.54, 1.807) is 30.3 Å². The molecule has 0 radical (unpaired) electrons. The highest BCUT2D eigenvalue weighted by Crippen LogP contribution is 2.35. The van der Waals surface area contributed by atoms with Crippen LogP contribution in [0.1, 0.15) is 6.42 Å². The number of anilines is 1. The molecule has 9 nitrogen and oxygen atoms in total. The van der Waals surface area contributed by atoms with E-state index in [-0.39, 0.29) is 35.0 Å². The van der Waals surface area contributed by atoms with Gasteiger partial charge in [-0.3, -0.25) is 19.7 Å². The molecule has 0 spiro atoms. The van der Waals surface area contributed by atoms with Crippen LogP contribution in [0.4, 0.5) is 11.4 Å². The first-order valence-corrected chi connectivity index (χ1v) is 9.97. The minimum atomic E-state index is -0.690. The maximum atomic E-state index is 12.7. The number of benzene rings is 2. The average Bonchev–Trinajstić information content (AvgIpc) is 3.28. The van der Waals surface area contributed by atoms with Gasteiger partial charge in [0.25, 0.3) is 10.9 Å². The molecule has 2 aromatic carbocycles. The number of imide groups is 1. The summed E-state index contributed by atoms with van der Waals surface area (Å²) in [7, 11) is 0. The molecule has 0 saturated carbocycles. The van der Waals surface area contributed by atoms with Gasteiger partial charge < -0.3 is 4.42 Å². The normalized spacial score (nSPS) is 16.4. The molecule has 0 N–H and O–H groups in total. The maximum Gasteiger partial charge on any atom is 0.277 e. The van der Waals surface area contributed by atoms with Crippen molar-refractivity contribution in [3.05, 3.63) is 63.1 Å². The monoisotopic (exact) mass is 474 g/mol. The van der Waals surface area contributed by atoms with Gasteiger partial charge in [0, 0.05) is 28.6 Å². The lowest BCUT2D eigenvalue weighted by Crippen LogP contribution is -2.31. The second-order valence-electron chi connectivity index (χ2n) is 6.03. The van der Waals surface area contributed by atoms with Crippen molar-refractivity contribution in [2.24, 2.45) is 0 Å². The number of hydrogen-bond donors (Lipinski definition) is 0. The SMILES string of the molecule is O=C1CC(Sc2nnc(-c3cccc([N+](=O)[O-])c3)o2)C(=O)N1c1ccc(Br)cc1. The molecule has 2 heterocycles. The van der Waals surface area contributed by atoms with E-state index in [9.17, 15) is 19.7 Å². The van der Waals surface area contributed by atoms with Gasteiger partial charge in [-0.25, -0.2) is 4.90 Å². The van der Waals surface area contributed by atoms with E-state index in [4.69, 9.17) is 4.42 Å². The molecule has 1 atom stereocenters. The molecular weight excluding hydrogens is 464 g/mol. The van der Waals surface area contributed by atoms with Crippen LogP contribution in [0.15, 0.2) is 62.6 Å². The van der Waals surface area contributed by atoms with Crippen molar-refractivity contribution >= 4 is 50.9 Å².